The highest BCUT2D eigenvalue weighted by atomic mass is 16.1. The summed E-state index contributed by atoms with van der Waals surface area (Å²) in [4.78, 5) is 23.3. The molecule has 0 heterocycles. The van der Waals surface area contributed by atoms with Crippen molar-refractivity contribution in [3.05, 3.63) is 11.6 Å². The number of hydrogen-bond acceptors (Lipinski definition) is 2. The summed E-state index contributed by atoms with van der Waals surface area (Å²) in [6, 6.07) is 0. The second kappa shape index (κ2) is 13.5. The smallest absolute Gasteiger partial charge is 0.166 e. The molecule has 0 atom stereocenters. The van der Waals surface area contributed by atoms with Gasteiger partial charge in [-0.1, -0.05) is 90.0 Å². The van der Waals surface area contributed by atoms with E-state index < -0.39 is 0 Å². The van der Waals surface area contributed by atoms with Crippen molar-refractivity contribution in [2.45, 2.75) is 110 Å². The molecule has 0 aromatic rings. The molecule has 132 valence electrons. The number of carbonyl (C=O) groups excluding carboxylic acids is 2. The molecule has 0 aliphatic heterocycles. The first-order chi connectivity index (χ1) is 11.3. The SMILES string of the molecule is CCCCCCCCCCCCCCCC(=O)C1=CCCC1=O. The molecule has 0 amide bonds. The maximum atomic E-state index is 11.9. The molecule has 1 aliphatic rings. The summed E-state index contributed by atoms with van der Waals surface area (Å²) >= 11 is 0. The largest absolute Gasteiger partial charge is 0.294 e. The molecule has 0 spiro atoms. The lowest BCUT2D eigenvalue weighted by molar-refractivity contribution is -0.120. The molecule has 2 heteroatoms. The predicted molar refractivity (Wildman–Crippen MR) is 97.6 cm³/mol. The minimum atomic E-state index is 0.0599. The maximum absolute atomic E-state index is 11.9. The molecule has 0 unspecified atom stereocenters. The fraction of sp³-hybridized carbons (Fsp3) is 0.810. The molecule has 1 aliphatic carbocycles. The van der Waals surface area contributed by atoms with Gasteiger partial charge in [0, 0.05) is 12.8 Å². The molecule has 0 saturated carbocycles. The topological polar surface area (TPSA) is 34.1 Å². The van der Waals surface area contributed by atoms with Crippen LogP contribution in [0.25, 0.3) is 0 Å². The van der Waals surface area contributed by atoms with Crippen LogP contribution in [0.15, 0.2) is 11.6 Å². The first-order valence-corrected chi connectivity index (χ1v) is 10.0. The third-order valence-electron chi connectivity index (χ3n) is 4.83. The molecular formula is C21H36O2. The number of unbranched alkanes of at least 4 members (excludes halogenated alkanes) is 12. The lowest BCUT2D eigenvalue weighted by atomic mass is 10.0. The Hall–Kier alpha value is -0.920. The molecule has 0 saturated heterocycles. The van der Waals surface area contributed by atoms with E-state index in [-0.39, 0.29) is 11.6 Å². The van der Waals surface area contributed by atoms with Crippen LogP contribution in [0, 0.1) is 0 Å². The minimum absolute atomic E-state index is 0.0599. The van der Waals surface area contributed by atoms with Crippen molar-refractivity contribution in [2.75, 3.05) is 0 Å². The van der Waals surface area contributed by atoms with E-state index in [0.29, 0.717) is 18.4 Å². The van der Waals surface area contributed by atoms with Crippen molar-refractivity contribution in [1.29, 1.82) is 0 Å². The predicted octanol–water partition coefficient (Wildman–Crippen LogP) is 6.33. The highest BCUT2D eigenvalue weighted by Crippen LogP contribution is 2.18. The van der Waals surface area contributed by atoms with Crippen LogP contribution in [0.2, 0.25) is 0 Å². The van der Waals surface area contributed by atoms with Gasteiger partial charge in [-0.2, -0.15) is 0 Å². The Morgan fingerprint density at radius 1 is 0.826 bits per heavy atom. The summed E-state index contributed by atoms with van der Waals surface area (Å²) in [5, 5.41) is 0. The van der Waals surface area contributed by atoms with E-state index in [2.05, 4.69) is 6.92 Å². The van der Waals surface area contributed by atoms with Gasteiger partial charge in [0.25, 0.3) is 0 Å². The Balaban J connectivity index is 1.81. The average molecular weight is 321 g/mol. The van der Waals surface area contributed by atoms with E-state index in [0.717, 1.165) is 19.3 Å². The van der Waals surface area contributed by atoms with Gasteiger partial charge < -0.3 is 0 Å². The van der Waals surface area contributed by atoms with Crippen molar-refractivity contribution in [2.24, 2.45) is 0 Å². The molecule has 0 fully saturated rings. The molecule has 2 nitrogen and oxygen atoms in total. The van der Waals surface area contributed by atoms with E-state index in [1.54, 1.807) is 0 Å². The zero-order valence-corrected chi connectivity index (χ0v) is 15.2. The fourth-order valence-corrected chi connectivity index (χ4v) is 3.30. The van der Waals surface area contributed by atoms with Gasteiger partial charge in [0.05, 0.1) is 5.57 Å². The highest BCUT2D eigenvalue weighted by molar-refractivity contribution is 6.21. The Kier molecular flexibility index (Phi) is 11.8. The van der Waals surface area contributed by atoms with Crippen LogP contribution in [0.3, 0.4) is 0 Å². The van der Waals surface area contributed by atoms with Gasteiger partial charge >= 0.3 is 0 Å². The van der Waals surface area contributed by atoms with E-state index >= 15 is 0 Å². The van der Waals surface area contributed by atoms with Crippen molar-refractivity contribution in [1.82, 2.24) is 0 Å². The second-order valence-corrected chi connectivity index (χ2v) is 7.00. The summed E-state index contributed by atoms with van der Waals surface area (Å²) in [5.41, 5.74) is 0.490. The van der Waals surface area contributed by atoms with Crippen LogP contribution in [0.1, 0.15) is 110 Å². The van der Waals surface area contributed by atoms with Crippen LogP contribution in [0.5, 0.6) is 0 Å². The van der Waals surface area contributed by atoms with Crippen molar-refractivity contribution >= 4 is 11.6 Å². The number of Topliss-reactive ketones (excluding diaryl/α,β-unsaturated/α-hetero) is 2. The Morgan fingerprint density at radius 3 is 1.74 bits per heavy atom. The Morgan fingerprint density at radius 2 is 1.30 bits per heavy atom. The van der Waals surface area contributed by atoms with E-state index in [9.17, 15) is 9.59 Å². The van der Waals surface area contributed by atoms with Gasteiger partial charge in [-0.15, -0.1) is 0 Å². The summed E-state index contributed by atoms with van der Waals surface area (Å²) in [7, 11) is 0. The van der Waals surface area contributed by atoms with Crippen molar-refractivity contribution in [3.8, 4) is 0 Å². The molecule has 0 radical (unpaired) electrons. The van der Waals surface area contributed by atoms with Crippen LogP contribution < -0.4 is 0 Å². The highest BCUT2D eigenvalue weighted by Gasteiger charge is 2.20. The summed E-state index contributed by atoms with van der Waals surface area (Å²) in [6.07, 6.45) is 20.8. The van der Waals surface area contributed by atoms with Crippen LogP contribution in [-0.2, 0) is 9.59 Å². The van der Waals surface area contributed by atoms with E-state index in [1.165, 1.54) is 70.6 Å². The quantitative estimate of drug-likeness (QED) is 0.261. The third-order valence-corrected chi connectivity index (χ3v) is 4.83. The molecule has 23 heavy (non-hydrogen) atoms. The van der Waals surface area contributed by atoms with Gasteiger partial charge in [-0.3, -0.25) is 9.59 Å². The maximum Gasteiger partial charge on any atom is 0.166 e. The van der Waals surface area contributed by atoms with Crippen molar-refractivity contribution in [3.63, 3.8) is 0 Å². The van der Waals surface area contributed by atoms with Gasteiger partial charge in [0.1, 0.15) is 0 Å². The lowest BCUT2D eigenvalue weighted by Gasteiger charge is -2.03. The molecule has 0 bridgehead atoms. The number of rotatable bonds is 15. The first kappa shape index (κ1) is 20.1. The summed E-state index contributed by atoms with van der Waals surface area (Å²) < 4.78 is 0. The molecule has 0 aromatic heterocycles. The Labute approximate surface area is 143 Å². The molecule has 1 rings (SSSR count). The lowest BCUT2D eigenvalue weighted by Crippen LogP contribution is -2.08. The van der Waals surface area contributed by atoms with Crippen LogP contribution in [0.4, 0.5) is 0 Å². The average Bonchev–Trinajstić information content (AvgIpc) is 2.98. The normalized spacial score (nSPS) is 14.3. The first-order valence-electron chi connectivity index (χ1n) is 10.0. The minimum Gasteiger partial charge on any atom is -0.294 e. The van der Waals surface area contributed by atoms with Gasteiger partial charge in [-0.25, -0.2) is 0 Å². The molecule has 0 N–H and O–H groups in total. The van der Waals surface area contributed by atoms with Crippen molar-refractivity contribution < 1.29 is 9.59 Å². The molecule has 0 aromatic carbocycles. The monoisotopic (exact) mass is 320 g/mol. The third kappa shape index (κ3) is 9.73. The standard InChI is InChI=1S/C21H36O2/c1-2-3-4-5-6-7-8-9-10-11-12-13-14-17-20(22)19-16-15-18-21(19)23/h16H,2-15,17-18H2,1H3. The van der Waals surface area contributed by atoms with Crippen LogP contribution >= 0.6 is 0 Å². The fourth-order valence-electron chi connectivity index (χ4n) is 3.30. The number of ketones is 2. The van der Waals surface area contributed by atoms with Gasteiger partial charge in [0.15, 0.2) is 11.6 Å². The summed E-state index contributed by atoms with van der Waals surface area (Å²) in [5.74, 6) is 0.139. The van der Waals surface area contributed by atoms with E-state index in [4.69, 9.17) is 0 Å². The van der Waals surface area contributed by atoms with E-state index in [1.807, 2.05) is 6.08 Å². The zero-order chi connectivity index (χ0) is 16.8. The zero-order valence-electron chi connectivity index (χ0n) is 15.2. The number of allylic oxidation sites excluding steroid dienone is 2. The summed E-state index contributed by atoms with van der Waals surface area (Å²) in [6.45, 7) is 2.27. The molecular weight excluding hydrogens is 284 g/mol. The second-order valence-electron chi connectivity index (χ2n) is 7.00. The van der Waals surface area contributed by atoms with Crippen LogP contribution in [-0.4, -0.2) is 11.6 Å². The number of carbonyl (C=O) groups is 2. The van der Waals surface area contributed by atoms with Gasteiger partial charge in [-0.05, 0) is 12.8 Å². The Bertz CT molecular complexity index is 368. The number of hydrogen-bond donors (Lipinski definition) is 0. The van der Waals surface area contributed by atoms with Gasteiger partial charge in [0.2, 0.25) is 0 Å².